The first-order valence-corrected chi connectivity index (χ1v) is 5.39. The smallest absolute Gasteiger partial charge is 0.125 e. The molecule has 2 aromatic rings. The molecule has 2 rings (SSSR count). The number of benzene rings is 1. The summed E-state index contributed by atoms with van der Waals surface area (Å²) in [6.07, 6.45) is 0.845. The molecule has 0 saturated carbocycles. The van der Waals surface area contributed by atoms with Crippen LogP contribution in [-0.4, -0.2) is 4.98 Å². The molecular formula is C13H15FN2. The molecule has 0 unspecified atom stereocenters. The molecule has 0 bridgehead atoms. The number of fused-ring (bicyclic) bond motifs is 1. The molecule has 1 heterocycles. The maximum atomic E-state index is 13.3. The number of nitrogens with two attached hydrogens (primary N) is 1. The molecule has 0 aliphatic carbocycles. The Morgan fingerprint density at radius 1 is 1.31 bits per heavy atom. The normalized spacial score (nSPS) is 11.0. The van der Waals surface area contributed by atoms with Gasteiger partial charge in [0, 0.05) is 22.8 Å². The first-order chi connectivity index (χ1) is 7.54. The van der Waals surface area contributed by atoms with Crippen molar-refractivity contribution in [3.8, 4) is 0 Å². The van der Waals surface area contributed by atoms with E-state index in [2.05, 4.69) is 4.98 Å². The van der Waals surface area contributed by atoms with Crippen LogP contribution < -0.4 is 5.73 Å². The molecule has 0 aliphatic heterocycles. The van der Waals surface area contributed by atoms with E-state index < -0.39 is 0 Å². The SMILES string of the molecule is CCc1c(C)nc2cc(F)cc(C)c2c1N. The van der Waals surface area contributed by atoms with E-state index >= 15 is 0 Å². The van der Waals surface area contributed by atoms with Gasteiger partial charge in [-0.2, -0.15) is 0 Å². The van der Waals surface area contributed by atoms with Crippen LogP contribution in [0.2, 0.25) is 0 Å². The summed E-state index contributed by atoms with van der Waals surface area (Å²) in [4.78, 5) is 4.41. The van der Waals surface area contributed by atoms with Gasteiger partial charge in [-0.15, -0.1) is 0 Å². The molecule has 2 nitrogen and oxygen atoms in total. The highest BCUT2D eigenvalue weighted by molar-refractivity contribution is 5.94. The van der Waals surface area contributed by atoms with E-state index in [4.69, 9.17) is 5.73 Å². The van der Waals surface area contributed by atoms with Gasteiger partial charge < -0.3 is 5.73 Å². The molecular weight excluding hydrogens is 203 g/mol. The van der Waals surface area contributed by atoms with Gasteiger partial charge in [0.1, 0.15) is 5.82 Å². The van der Waals surface area contributed by atoms with Crippen LogP contribution in [0.5, 0.6) is 0 Å². The van der Waals surface area contributed by atoms with E-state index in [1.54, 1.807) is 0 Å². The standard InChI is InChI=1S/C13H15FN2/c1-4-10-8(3)16-11-6-9(14)5-7(2)12(11)13(10)15/h5-6H,4H2,1-3H3,(H2,15,16). The van der Waals surface area contributed by atoms with Crippen LogP contribution in [0, 0.1) is 19.7 Å². The largest absolute Gasteiger partial charge is 0.398 e. The fourth-order valence-electron chi connectivity index (χ4n) is 2.20. The van der Waals surface area contributed by atoms with Crippen molar-refractivity contribution in [2.45, 2.75) is 27.2 Å². The Labute approximate surface area is 94.3 Å². The summed E-state index contributed by atoms with van der Waals surface area (Å²) in [7, 11) is 0. The Kier molecular flexibility index (Phi) is 2.54. The summed E-state index contributed by atoms with van der Waals surface area (Å²) >= 11 is 0. The lowest BCUT2D eigenvalue weighted by atomic mass is 10.0. The molecule has 2 N–H and O–H groups in total. The number of aromatic nitrogens is 1. The molecule has 1 aromatic carbocycles. The number of pyridine rings is 1. The minimum absolute atomic E-state index is 0.263. The number of nitrogens with zero attached hydrogens (tertiary/aromatic N) is 1. The van der Waals surface area contributed by atoms with Crippen LogP contribution in [0.25, 0.3) is 10.9 Å². The predicted octanol–water partition coefficient (Wildman–Crippen LogP) is 3.14. The van der Waals surface area contributed by atoms with Crippen LogP contribution in [0.4, 0.5) is 10.1 Å². The Balaban J connectivity index is 2.93. The van der Waals surface area contributed by atoms with Gasteiger partial charge in [-0.05, 0) is 37.5 Å². The van der Waals surface area contributed by atoms with E-state index in [0.29, 0.717) is 5.52 Å². The van der Waals surface area contributed by atoms with Crippen LogP contribution in [0.15, 0.2) is 12.1 Å². The third-order valence-electron chi connectivity index (χ3n) is 2.95. The number of nitrogen functional groups attached to an aromatic ring is 1. The Bertz CT molecular complexity index is 562. The molecule has 3 heteroatoms. The van der Waals surface area contributed by atoms with Crippen molar-refractivity contribution < 1.29 is 4.39 Å². The Morgan fingerprint density at radius 2 is 2.00 bits per heavy atom. The number of halogens is 1. The van der Waals surface area contributed by atoms with Crippen molar-refractivity contribution in [1.29, 1.82) is 0 Å². The second-order valence-electron chi connectivity index (χ2n) is 4.06. The van der Waals surface area contributed by atoms with Crippen molar-refractivity contribution >= 4 is 16.6 Å². The van der Waals surface area contributed by atoms with Gasteiger partial charge in [-0.25, -0.2) is 4.39 Å². The third-order valence-corrected chi connectivity index (χ3v) is 2.95. The minimum atomic E-state index is -0.263. The molecule has 16 heavy (non-hydrogen) atoms. The maximum Gasteiger partial charge on any atom is 0.125 e. The Hall–Kier alpha value is -1.64. The molecule has 0 spiro atoms. The van der Waals surface area contributed by atoms with Gasteiger partial charge in [-0.3, -0.25) is 4.98 Å². The fraction of sp³-hybridized carbons (Fsp3) is 0.308. The van der Waals surface area contributed by atoms with Crippen LogP contribution in [0.3, 0.4) is 0 Å². The van der Waals surface area contributed by atoms with Crippen LogP contribution in [0.1, 0.15) is 23.7 Å². The summed E-state index contributed by atoms with van der Waals surface area (Å²) in [5.74, 6) is -0.263. The lowest BCUT2D eigenvalue weighted by Gasteiger charge is -2.12. The number of hydrogen-bond acceptors (Lipinski definition) is 2. The second-order valence-corrected chi connectivity index (χ2v) is 4.06. The maximum absolute atomic E-state index is 13.3. The lowest BCUT2D eigenvalue weighted by molar-refractivity contribution is 0.628. The fourth-order valence-corrected chi connectivity index (χ4v) is 2.20. The van der Waals surface area contributed by atoms with Gasteiger partial charge in [0.2, 0.25) is 0 Å². The van der Waals surface area contributed by atoms with E-state index in [0.717, 1.165) is 34.3 Å². The zero-order chi connectivity index (χ0) is 11.9. The second kappa shape index (κ2) is 3.74. The number of anilines is 1. The third kappa shape index (κ3) is 1.52. The van der Waals surface area contributed by atoms with Crippen molar-refractivity contribution in [3.05, 3.63) is 34.8 Å². The van der Waals surface area contributed by atoms with Gasteiger partial charge in [0.05, 0.1) is 5.52 Å². The molecule has 0 saturated heterocycles. The number of hydrogen-bond donors (Lipinski definition) is 1. The summed E-state index contributed by atoms with van der Waals surface area (Å²) in [5.41, 5.74) is 10.3. The first kappa shape index (κ1) is 10.9. The van der Waals surface area contributed by atoms with Crippen LogP contribution >= 0.6 is 0 Å². The van der Waals surface area contributed by atoms with E-state index in [1.807, 2.05) is 20.8 Å². The van der Waals surface area contributed by atoms with Gasteiger partial charge in [0.25, 0.3) is 0 Å². The molecule has 0 atom stereocenters. The Morgan fingerprint density at radius 3 is 2.62 bits per heavy atom. The topological polar surface area (TPSA) is 38.9 Å². The first-order valence-electron chi connectivity index (χ1n) is 5.39. The van der Waals surface area contributed by atoms with Crippen molar-refractivity contribution in [3.63, 3.8) is 0 Å². The van der Waals surface area contributed by atoms with Gasteiger partial charge in [0.15, 0.2) is 0 Å². The molecule has 0 aliphatic rings. The van der Waals surface area contributed by atoms with Gasteiger partial charge in [-0.1, -0.05) is 6.92 Å². The zero-order valence-electron chi connectivity index (χ0n) is 9.76. The zero-order valence-corrected chi connectivity index (χ0v) is 9.76. The summed E-state index contributed by atoms with van der Waals surface area (Å²) in [6.45, 7) is 5.82. The summed E-state index contributed by atoms with van der Waals surface area (Å²) in [6, 6.07) is 2.93. The van der Waals surface area contributed by atoms with Crippen LogP contribution in [-0.2, 0) is 6.42 Å². The van der Waals surface area contributed by atoms with E-state index in [9.17, 15) is 4.39 Å². The summed E-state index contributed by atoms with van der Waals surface area (Å²) < 4.78 is 13.3. The minimum Gasteiger partial charge on any atom is -0.398 e. The highest BCUT2D eigenvalue weighted by Gasteiger charge is 2.11. The predicted molar refractivity (Wildman–Crippen MR) is 65.0 cm³/mol. The number of aryl methyl sites for hydroxylation is 2. The van der Waals surface area contributed by atoms with E-state index in [-0.39, 0.29) is 5.82 Å². The molecule has 0 fully saturated rings. The average molecular weight is 218 g/mol. The van der Waals surface area contributed by atoms with Crippen molar-refractivity contribution in [2.24, 2.45) is 0 Å². The molecule has 0 radical (unpaired) electrons. The quantitative estimate of drug-likeness (QED) is 0.798. The number of rotatable bonds is 1. The highest BCUT2D eigenvalue weighted by atomic mass is 19.1. The average Bonchev–Trinajstić information content (AvgIpc) is 2.15. The molecule has 1 aromatic heterocycles. The molecule has 84 valence electrons. The highest BCUT2D eigenvalue weighted by Crippen LogP contribution is 2.29. The van der Waals surface area contributed by atoms with Crippen molar-refractivity contribution in [1.82, 2.24) is 4.98 Å². The van der Waals surface area contributed by atoms with Crippen molar-refractivity contribution in [2.75, 3.05) is 5.73 Å². The monoisotopic (exact) mass is 218 g/mol. The molecule has 0 amide bonds. The van der Waals surface area contributed by atoms with Gasteiger partial charge >= 0.3 is 0 Å². The summed E-state index contributed by atoms with van der Waals surface area (Å²) in [5, 5.41) is 0.879. The lowest BCUT2D eigenvalue weighted by Crippen LogP contribution is -2.02. The van der Waals surface area contributed by atoms with E-state index in [1.165, 1.54) is 12.1 Å².